The molecule has 2 rings (SSSR count). The molecule has 0 bridgehead atoms. The second-order valence-corrected chi connectivity index (χ2v) is 6.03. The highest BCUT2D eigenvalue weighted by Crippen LogP contribution is 2.09. The van der Waals surface area contributed by atoms with Gasteiger partial charge in [-0.15, -0.1) is 24.0 Å². The van der Waals surface area contributed by atoms with Crippen molar-refractivity contribution >= 4 is 41.7 Å². The number of carbonyl (C=O) groups is 1. The van der Waals surface area contributed by atoms with E-state index in [4.69, 9.17) is 0 Å². The first kappa shape index (κ1) is 22.7. The topological polar surface area (TPSA) is 108 Å². The molecule has 0 fully saturated rings. The molecule has 1 aromatic carbocycles. The van der Waals surface area contributed by atoms with Crippen molar-refractivity contribution in [2.75, 3.05) is 12.4 Å². The van der Waals surface area contributed by atoms with E-state index in [-0.39, 0.29) is 36.0 Å². The normalized spacial score (nSPS) is 10.9. The third-order valence-corrected chi connectivity index (χ3v) is 3.53. The average Bonchev–Trinajstić information content (AvgIpc) is 3.01. The Balaban J connectivity index is 0.00000364. The van der Waals surface area contributed by atoms with Crippen molar-refractivity contribution < 1.29 is 4.79 Å². The van der Waals surface area contributed by atoms with Crippen LogP contribution in [0.15, 0.2) is 35.6 Å². The Morgan fingerprint density at radius 1 is 1.19 bits per heavy atom. The molecule has 0 atom stereocenters. The third-order valence-electron chi connectivity index (χ3n) is 3.53. The van der Waals surface area contributed by atoms with Gasteiger partial charge in [-0.1, -0.05) is 12.1 Å². The molecule has 0 radical (unpaired) electrons. The van der Waals surface area contributed by atoms with Gasteiger partial charge in [0.15, 0.2) is 5.96 Å². The number of urea groups is 1. The summed E-state index contributed by atoms with van der Waals surface area (Å²) in [4.78, 5) is 20.0. The Bertz CT molecular complexity index is 742. The van der Waals surface area contributed by atoms with Gasteiger partial charge in [0, 0.05) is 32.4 Å². The number of aryl methyl sites for hydroxylation is 1. The van der Waals surface area contributed by atoms with E-state index in [1.54, 1.807) is 11.7 Å². The molecule has 0 spiro atoms. The molecule has 0 unspecified atom stereocenters. The van der Waals surface area contributed by atoms with Crippen molar-refractivity contribution in [1.29, 1.82) is 0 Å². The number of benzene rings is 1. The summed E-state index contributed by atoms with van der Waals surface area (Å²) in [6.07, 6.45) is 1.52. The van der Waals surface area contributed by atoms with Crippen LogP contribution in [0.25, 0.3) is 0 Å². The Morgan fingerprint density at radius 3 is 2.41 bits per heavy atom. The molecule has 1 heterocycles. The van der Waals surface area contributed by atoms with Crippen LogP contribution in [-0.4, -0.2) is 39.8 Å². The predicted octanol–water partition coefficient (Wildman–Crippen LogP) is 1.83. The van der Waals surface area contributed by atoms with Gasteiger partial charge in [-0.2, -0.15) is 5.10 Å². The molecule has 9 nitrogen and oxygen atoms in total. The van der Waals surface area contributed by atoms with E-state index in [1.165, 1.54) is 6.33 Å². The summed E-state index contributed by atoms with van der Waals surface area (Å²) >= 11 is 0. The third kappa shape index (κ3) is 7.81. The quantitative estimate of drug-likeness (QED) is 0.283. The van der Waals surface area contributed by atoms with Crippen LogP contribution in [0.5, 0.6) is 0 Å². The standard InChI is InChI=1S/C17H26N8O.HI/c1-12(2)23-17(26)24-14-7-5-13(6-8-14)9-19-16(18-3)20-10-15-21-11-22-25(15)4;/h5-8,11-12H,9-10H2,1-4H3,(H2,18,19,20)(H2,23,24,26);1H. The monoisotopic (exact) mass is 486 g/mol. The molecular formula is C17H27IN8O. The SMILES string of the molecule is CN=C(NCc1ccc(NC(=O)NC(C)C)cc1)NCc1ncnn1C.I. The fourth-order valence-electron chi connectivity index (χ4n) is 2.18. The summed E-state index contributed by atoms with van der Waals surface area (Å²) in [5, 5.41) is 16.0. The minimum atomic E-state index is -0.209. The number of hydrogen-bond acceptors (Lipinski definition) is 4. The fourth-order valence-corrected chi connectivity index (χ4v) is 2.18. The molecule has 0 aliphatic carbocycles. The maximum atomic E-state index is 11.7. The lowest BCUT2D eigenvalue weighted by atomic mass is 10.2. The molecule has 1 aromatic heterocycles. The van der Waals surface area contributed by atoms with E-state index >= 15 is 0 Å². The van der Waals surface area contributed by atoms with Gasteiger partial charge in [0.1, 0.15) is 12.2 Å². The number of halogens is 1. The molecule has 0 aliphatic rings. The largest absolute Gasteiger partial charge is 0.352 e. The van der Waals surface area contributed by atoms with Gasteiger partial charge in [-0.3, -0.25) is 9.67 Å². The van der Waals surface area contributed by atoms with Crippen molar-refractivity contribution in [1.82, 2.24) is 30.7 Å². The summed E-state index contributed by atoms with van der Waals surface area (Å²) in [6, 6.07) is 7.53. The van der Waals surface area contributed by atoms with Gasteiger partial charge in [0.05, 0.1) is 6.54 Å². The van der Waals surface area contributed by atoms with E-state index in [0.717, 1.165) is 17.1 Å². The molecule has 2 amide bonds. The Hall–Kier alpha value is -2.37. The summed E-state index contributed by atoms with van der Waals surface area (Å²) in [5.41, 5.74) is 1.82. The summed E-state index contributed by atoms with van der Waals surface area (Å²) < 4.78 is 1.71. The zero-order valence-corrected chi connectivity index (χ0v) is 18.3. The van der Waals surface area contributed by atoms with E-state index in [2.05, 4.69) is 36.3 Å². The van der Waals surface area contributed by atoms with Crippen LogP contribution < -0.4 is 21.3 Å². The minimum absolute atomic E-state index is 0. The highest BCUT2D eigenvalue weighted by Gasteiger charge is 2.05. The van der Waals surface area contributed by atoms with Gasteiger partial charge in [-0.25, -0.2) is 9.78 Å². The maximum absolute atomic E-state index is 11.7. The first-order chi connectivity index (χ1) is 12.5. The van der Waals surface area contributed by atoms with Crippen LogP contribution in [0.1, 0.15) is 25.2 Å². The molecule has 27 heavy (non-hydrogen) atoms. The Labute approximate surface area is 176 Å². The van der Waals surface area contributed by atoms with E-state index in [1.807, 2.05) is 45.2 Å². The number of anilines is 1. The Morgan fingerprint density at radius 2 is 1.85 bits per heavy atom. The maximum Gasteiger partial charge on any atom is 0.319 e. The van der Waals surface area contributed by atoms with Crippen LogP contribution in [0.4, 0.5) is 10.5 Å². The zero-order valence-electron chi connectivity index (χ0n) is 16.0. The minimum Gasteiger partial charge on any atom is -0.352 e. The van der Waals surface area contributed by atoms with Crippen molar-refractivity contribution in [3.63, 3.8) is 0 Å². The predicted molar refractivity (Wildman–Crippen MR) is 117 cm³/mol. The zero-order chi connectivity index (χ0) is 18.9. The van der Waals surface area contributed by atoms with Gasteiger partial charge < -0.3 is 21.3 Å². The number of rotatable bonds is 6. The van der Waals surface area contributed by atoms with Crippen LogP contribution in [0.3, 0.4) is 0 Å². The summed E-state index contributed by atoms with van der Waals surface area (Å²) in [7, 11) is 3.56. The lowest BCUT2D eigenvalue weighted by Gasteiger charge is -2.12. The van der Waals surface area contributed by atoms with E-state index < -0.39 is 0 Å². The van der Waals surface area contributed by atoms with E-state index in [9.17, 15) is 4.79 Å². The molecule has 10 heteroatoms. The highest BCUT2D eigenvalue weighted by atomic mass is 127. The molecule has 0 aliphatic heterocycles. The molecule has 2 aromatic rings. The molecule has 148 valence electrons. The molecular weight excluding hydrogens is 459 g/mol. The van der Waals surface area contributed by atoms with Gasteiger partial charge in [-0.05, 0) is 31.5 Å². The number of aliphatic imine (C=N–C) groups is 1. The number of aromatic nitrogens is 3. The second kappa shape index (κ2) is 11.4. The number of guanidine groups is 1. The van der Waals surface area contributed by atoms with Gasteiger partial charge in [0.2, 0.25) is 0 Å². The lowest BCUT2D eigenvalue weighted by Crippen LogP contribution is -2.37. The first-order valence-corrected chi connectivity index (χ1v) is 8.41. The Kier molecular flexibility index (Phi) is 9.54. The number of nitrogens with one attached hydrogen (secondary N) is 4. The average molecular weight is 486 g/mol. The van der Waals surface area contributed by atoms with Crippen LogP contribution >= 0.6 is 24.0 Å². The number of carbonyl (C=O) groups excluding carboxylic acids is 1. The fraction of sp³-hybridized carbons (Fsp3) is 0.412. The summed E-state index contributed by atoms with van der Waals surface area (Å²) in [6.45, 7) is 4.97. The number of hydrogen-bond donors (Lipinski definition) is 4. The second-order valence-electron chi connectivity index (χ2n) is 6.03. The van der Waals surface area contributed by atoms with E-state index in [0.29, 0.717) is 19.0 Å². The summed E-state index contributed by atoms with van der Waals surface area (Å²) in [5.74, 6) is 1.49. The van der Waals surface area contributed by atoms with Crippen LogP contribution in [0.2, 0.25) is 0 Å². The number of nitrogens with zero attached hydrogens (tertiary/aromatic N) is 4. The van der Waals surface area contributed by atoms with Crippen molar-refractivity contribution in [3.8, 4) is 0 Å². The molecule has 0 saturated carbocycles. The molecule has 0 saturated heterocycles. The van der Waals surface area contributed by atoms with Crippen LogP contribution in [0, 0.1) is 0 Å². The van der Waals surface area contributed by atoms with Crippen molar-refractivity contribution in [2.24, 2.45) is 12.0 Å². The van der Waals surface area contributed by atoms with Gasteiger partial charge in [0.25, 0.3) is 0 Å². The lowest BCUT2D eigenvalue weighted by molar-refractivity contribution is 0.250. The van der Waals surface area contributed by atoms with Crippen LogP contribution in [-0.2, 0) is 20.1 Å². The molecule has 4 N–H and O–H groups in total. The van der Waals surface area contributed by atoms with Crippen molar-refractivity contribution in [2.45, 2.75) is 33.0 Å². The highest BCUT2D eigenvalue weighted by molar-refractivity contribution is 14.0. The van der Waals surface area contributed by atoms with Crippen molar-refractivity contribution in [3.05, 3.63) is 42.0 Å². The number of amides is 2. The smallest absolute Gasteiger partial charge is 0.319 e. The first-order valence-electron chi connectivity index (χ1n) is 8.41. The van der Waals surface area contributed by atoms with Gasteiger partial charge >= 0.3 is 6.03 Å².